The molecule has 3 rings (SSSR count). The first-order chi connectivity index (χ1) is 15.2. The number of Topliss-reactive ketones (excluding diaryl/α,β-unsaturated/α-hetero) is 2. The van der Waals surface area contributed by atoms with Crippen molar-refractivity contribution in [2.24, 2.45) is 5.18 Å². The Morgan fingerprint density at radius 1 is 0.938 bits per heavy atom. The predicted molar refractivity (Wildman–Crippen MR) is 124 cm³/mol. The number of aliphatic hydroxyl groups excluding tert-OH is 1. The Morgan fingerprint density at radius 2 is 1.41 bits per heavy atom. The van der Waals surface area contributed by atoms with E-state index in [4.69, 9.17) is 0 Å². The molecule has 1 aliphatic heterocycles. The Balaban J connectivity index is 1.55. The van der Waals surface area contributed by atoms with E-state index in [9.17, 15) is 19.6 Å². The Hall–Kier alpha value is -2.74. The number of piperazine rings is 1. The van der Waals surface area contributed by atoms with Gasteiger partial charge in [-0.1, -0.05) is 41.6 Å². The molecule has 7 heteroatoms. The predicted octanol–water partition coefficient (Wildman–Crippen LogP) is 3.30. The molecule has 1 N–H and O–H groups in total. The van der Waals surface area contributed by atoms with Gasteiger partial charge in [0.2, 0.25) is 0 Å². The van der Waals surface area contributed by atoms with E-state index in [0.29, 0.717) is 11.1 Å². The molecule has 0 radical (unpaired) electrons. The Kier molecular flexibility index (Phi) is 7.66. The van der Waals surface area contributed by atoms with Crippen LogP contribution in [0.15, 0.2) is 53.7 Å². The molecule has 0 bridgehead atoms. The molecule has 0 saturated carbocycles. The molecule has 2 aromatic rings. The van der Waals surface area contributed by atoms with Crippen molar-refractivity contribution in [3.05, 3.63) is 75.7 Å². The van der Waals surface area contributed by atoms with Crippen LogP contribution in [0, 0.1) is 4.91 Å². The molecule has 7 nitrogen and oxygen atoms in total. The number of hydrogen-bond donors (Lipinski definition) is 1. The minimum absolute atomic E-state index is 0.260. The fourth-order valence-corrected chi connectivity index (χ4v) is 3.89. The summed E-state index contributed by atoms with van der Waals surface area (Å²) < 4.78 is 0. The third-order valence-corrected chi connectivity index (χ3v) is 5.84. The number of nitroso groups, excluding NO2 is 1. The molecule has 0 spiro atoms. The lowest BCUT2D eigenvalue weighted by Crippen LogP contribution is -2.45. The average Bonchev–Trinajstić information content (AvgIpc) is 2.79. The largest absolute Gasteiger partial charge is 0.385 e. The second-order valence-corrected chi connectivity index (χ2v) is 8.97. The number of ketones is 2. The third-order valence-electron chi connectivity index (χ3n) is 5.84. The maximum absolute atomic E-state index is 12.5. The fraction of sp³-hybridized carbons (Fsp3) is 0.440. The highest BCUT2D eigenvalue weighted by Gasteiger charge is 2.30. The molecule has 170 valence electrons. The molecule has 1 unspecified atom stereocenters. The first-order valence-corrected chi connectivity index (χ1v) is 10.9. The van der Waals surface area contributed by atoms with E-state index >= 15 is 0 Å². The molecule has 0 amide bonds. The summed E-state index contributed by atoms with van der Waals surface area (Å²) in [6.45, 7) is 9.63. The summed E-state index contributed by atoms with van der Waals surface area (Å²) in [6, 6.07) is 14.9. The lowest BCUT2D eigenvalue weighted by atomic mass is 9.93. The van der Waals surface area contributed by atoms with Gasteiger partial charge in [0.1, 0.15) is 6.10 Å². The van der Waals surface area contributed by atoms with Crippen molar-refractivity contribution < 1.29 is 14.7 Å². The van der Waals surface area contributed by atoms with E-state index in [2.05, 4.69) is 15.0 Å². The number of carbonyl (C=O) groups excluding carboxylic acids is 2. The van der Waals surface area contributed by atoms with Crippen LogP contribution < -0.4 is 0 Å². The summed E-state index contributed by atoms with van der Waals surface area (Å²) in [7, 11) is 0. The van der Waals surface area contributed by atoms with E-state index in [-0.39, 0.29) is 11.6 Å². The van der Waals surface area contributed by atoms with Gasteiger partial charge in [0.25, 0.3) is 0 Å². The van der Waals surface area contributed by atoms with E-state index in [1.54, 1.807) is 12.1 Å². The maximum atomic E-state index is 12.5. The van der Waals surface area contributed by atoms with Crippen LogP contribution in [0.25, 0.3) is 0 Å². The quantitative estimate of drug-likeness (QED) is 0.478. The van der Waals surface area contributed by atoms with Crippen molar-refractivity contribution in [2.45, 2.75) is 45.5 Å². The van der Waals surface area contributed by atoms with Crippen LogP contribution in [0.2, 0.25) is 0 Å². The molecule has 2 aromatic carbocycles. The molecule has 0 aromatic heterocycles. The van der Waals surface area contributed by atoms with E-state index in [1.807, 2.05) is 36.4 Å². The van der Waals surface area contributed by atoms with Gasteiger partial charge in [-0.2, -0.15) is 0 Å². The van der Waals surface area contributed by atoms with E-state index < -0.39 is 11.6 Å². The molecule has 1 aliphatic rings. The molecule has 0 aliphatic carbocycles. The lowest BCUT2D eigenvalue weighted by Gasteiger charge is -2.34. The van der Waals surface area contributed by atoms with Crippen LogP contribution in [-0.4, -0.2) is 64.3 Å². The van der Waals surface area contributed by atoms with Crippen molar-refractivity contribution in [3.8, 4) is 0 Å². The lowest BCUT2D eigenvalue weighted by molar-refractivity contribution is 0.0779. The molecule has 1 saturated heterocycles. The molecule has 1 atom stereocenters. The minimum Gasteiger partial charge on any atom is -0.385 e. The molecule has 1 fully saturated rings. The van der Waals surface area contributed by atoms with Crippen molar-refractivity contribution in [1.29, 1.82) is 0 Å². The normalized spacial score (nSPS) is 16.5. The van der Waals surface area contributed by atoms with Gasteiger partial charge in [-0.15, -0.1) is 4.91 Å². The van der Waals surface area contributed by atoms with Gasteiger partial charge < -0.3 is 5.11 Å². The second kappa shape index (κ2) is 10.3. The number of benzene rings is 2. The Bertz CT molecular complexity index is 979. The third kappa shape index (κ3) is 5.94. The van der Waals surface area contributed by atoms with Gasteiger partial charge in [-0.05, 0) is 44.0 Å². The van der Waals surface area contributed by atoms with Crippen LogP contribution in [0.3, 0.4) is 0 Å². The van der Waals surface area contributed by atoms with Crippen LogP contribution in [0.4, 0.5) is 0 Å². The SMILES string of the molecule is CC(O)C(=O)c1cccc(CN2CCN(Cc3cccc(C(=O)C(C)(C)N=O)c3)CC2)c1. The highest BCUT2D eigenvalue weighted by atomic mass is 16.3. The number of hydrogen-bond acceptors (Lipinski definition) is 7. The van der Waals surface area contributed by atoms with Crippen LogP contribution >= 0.6 is 0 Å². The topological polar surface area (TPSA) is 90.3 Å². The number of rotatable bonds is 9. The molecular weight excluding hydrogens is 406 g/mol. The van der Waals surface area contributed by atoms with Gasteiger partial charge >= 0.3 is 0 Å². The average molecular weight is 438 g/mol. The molecule has 32 heavy (non-hydrogen) atoms. The van der Waals surface area contributed by atoms with Crippen molar-refractivity contribution in [3.63, 3.8) is 0 Å². The standard InChI is InChI=1S/C25H31N3O4/c1-18(29)23(30)21-8-4-6-19(14-21)16-27-10-12-28(13-11-27)17-20-7-5-9-22(15-20)24(31)25(2,3)26-32/h4-9,14-15,18,29H,10-13,16-17H2,1-3H3. The summed E-state index contributed by atoms with van der Waals surface area (Å²) in [5, 5.41) is 12.5. The van der Waals surface area contributed by atoms with Crippen molar-refractivity contribution >= 4 is 11.6 Å². The zero-order valence-electron chi connectivity index (χ0n) is 19.0. The van der Waals surface area contributed by atoms with Crippen LogP contribution in [0.1, 0.15) is 52.6 Å². The summed E-state index contributed by atoms with van der Waals surface area (Å²) in [6.07, 6.45) is -0.997. The van der Waals surface area contributed by atoms with Crippen LogP contribution in [0.5, 0.6) is 0 Å². The molecular formula is C25H31N3O4. The van der Waals surface area contributed by atoms with Gasteiger partial charge in [-0.3, -0.25) is 19.4 Å². The second-order valence-electron chi connectivity index (χ2n) is 8.97. The first-order valence-electron chi connectivity index (χ1n) is 10.9. The number of aliphatic hydroxyl groups is 1. The fourth-order valence-electron chi connectivity index (χ4n) is 3.89. The smallest absolute Gasteiger partial charge is 0.193 e. The summed E-state index contributed by atoms with van der Waals surface area (Å²) >= 11 is 0. The van der Waals surface area contributed by atoms with E-state index in [0.717, 1.165) is 50.4 Å². The van der Waals surface area contributed by atoms with Gasteiger partial charge in [0.05, 0.1) is 0 Å². The summed E-state index contributed by atoms with van der Waals surface area (Å²) in [5.74, 6) is -0.528. The Labute approximate surface area is 189 Å². The van der Waals surface area contributed by atoms with Gasteiger partial charge in [-0.25, -0.2) is 0 Å². The van der Waals surface area contributed by atoms with Crippen LogP contribution in [-0.2, 0) is 13.1 Å². The van der Waals surface area contributed by atoms with Gasteiger partial charge in [0, 0.05) is 50.4 Å². The van der Waals surface area contributed by atoms with E-state index in [1.165, 1.54) is 20.8 Å². The highest BCUT2D eigenvalue weighted by molar-refractivity contribution is 6.03. The monoisotopic (exact) mass is 437 g/mol. The van der Waals surface area contributed by atoms with Crippen molar-refractivity contribution in [1.82, 2.24) is 9.80 Å². The van der Waals surface area contributed by atoms with Crippen molar-refractivity contribution in [2.75, 3.05) is 26.2 Å². The van der Waals surface area contributed by atoms with Gasteiger partial charge in [0.15, 0.2) is 17.1 Å². The zero-order valence-corrected chi connectivity index (χ0v) is 19.0. The zero-order chi connectivity index (χ0) is 23.3. The number of nitrogens with zero attached hydrogens (tertiary/aromatic N) is 3. The minimum atomic E-state index is -1.26. The summed E-state index contributed by atoms with van der Waals surface area (Å²) in [4.78, 5) is 40.2. The highest BCUT2D eigenvalue weighted by Crippen LogP contribution is 2.19. The maximum Gasteiger partial charge on any atom is 0.193 e. The Morgan fingerprint density at radius 3 is 1.88 bits per heavy atom. The summed E-state index contributed by atoms with van der Waals surface area (Å²) in [5.41, 5.74) is 1.88. The number of carbonyl (C=O) groups is 2. The molecule has 1 heterocycles. The first kappa shape index (κ1) is 23.9.